The van der Waals surface area contributed by atoms with Crippen molar-refractivity contribution in [2.24, 2.45) is 4.99 Å². The summed E-state index contributed by atoms with van der Waals surface area (Å²) in [5, 5.41) is 9.73. The van der Waals surface area contributed by atoms with Gasteiger partial charge in [-0.25, -0.2) is 9.97 Å². The van der Waals surface area contributed by atoms with E-state index in [4.69, 9.17) is 9.40 Å². The van der Waals surface area contributed by atoms with E-state index in [1.807, 2.05) is 0 Å². The second-order valence-corrected chi connectivity index (χ2v) is 8.84. The van der Waals surface area contributed by atoms with Gasteiger partial charge in [0.25, 0.3) is 0 Å². The Balaban J connectivity index is 0.00000320. The van der Waals surface area contributed by atoms with E-state index in [9.17, 15) is 0 Å². The van der Waals surface area contributed by atoms with E-state index in [1.54, 1.807) is 24.6 Å². The van der Waals surface area contributed by atoms with Gasteiger partial charge < -0.3 is 15.1 Å². The monoisotopic (exact) mass is 539 g/mol. The third-order valence-electron chi connectivity index (χ3n) is 4.45. The quantitative estimate of drug-likeness (QED) is 0.264. The molecule has 2 heterocycles. The highest BCUT2D eigenvalue weighted by atomic mass is 127. The van der Waals surface area contributed by atoms with Crippen LogP contribution in [0.5, 0.6) is 0 Å². The first-order valence-electron chi connectivity index (χ1n) is 9.76. The van der Waals surface area contributed by atoms with Crippen LogP contribution in [0.1, 0.15) is 43.7 Å². The highest BCUT2D eigenvalue weighted by molar-refractivity contribution is 14.0. The van der Waals surface area contributed by atoms with Gasteiger partial charge in [0.1, 0.15) is 10.8 Å². The molecule has 3 aromatic rings. The summed E-state index contributed by atoms with van der Waals surface area (Å²) in [6.07, 6.45) is 2.62. The molecule has 8 heteroatoms. The standard InChI is InChI=1S/C22H29N5OS.HI/c1-15-6-8-16(9-7-15)20-27-17(14-29-20)10-11-24-21(23-5)26-13-19-25-12-18(28-19)22(2,3)4;/h6-9,12,14H,10-11,13H2,1-5H3,(H2,23,24,26);1H. The van der Waals surface area contributed by atoms with Crippen molar-refractivity contribution in [1.82, 2.24) is 20.6 Å². The van der Waals surface area contributed by atoms with Crippen molar-refractivity contribution in [1.29, 1.82) is 0 Å². The van der Waals surface area contributed by atoms with Crippen molar-refractivity contribution in [3.63, 3.8) is 0 Å². The zero-order chi connectivity index (χ0) is 20.9. The number of rotatable bonds is 6. The van der Waals surface area contributed by atoms with E-state index in [0.717, 1.165) is 41.0 Å². The van der Waals surface area contributed by atoms with Crippen LogP contribution in [0.4, 0.5) is 0 Å². The van der Waals surface area contributed by atoms with Crippen LogP contribution in [-0.2, 0) is 18.4 Å². The maximum absolute atomic E-state index is 5.80. The summed E-state index contributed by atoms with van der Waals surface area (Å²) in [7, 11) is 1.75. The Hall–Kier alpha value is -1.94. The molecule has 0 atom stereocenters. The van der Waals surface area contributed by atoms with Crippen LogP contribution in [0.3, 0.4) is 0 Å². The molecule has 0 bridgehead atoms. The van der Waals surface area contributed by atoms with Crippen LogP contribution in [0.2, 0.25) is 0 Å². The highest BCUT2D eigenvalue weighted by Crippen LogP contribution is 2.24. The maximum atomic E-state index is 5.80. The molecule has 3 rings (SSSR count). The van der Waals surface area contributed by atoms with Gasteiger partial charge >= 0.3 is 0 Å². The number of benzene rings is 1. The molecule has 0 unspecified atom stereocenters. The van der Waals surface area contributed by atoms with Crippen molar-refractivity contribution in [2.45, 2.75) is 46.1 Å². The number of oxazole rings is 1. The number of halogens is 1. The minimum atomic E-state index is -0.0455. The average Bonchev–Trinajstić information content (AvgIpc) is 3.34. The highest BCUT2D eigenvalue weighted by Gasteiger charge is 2.19. The summed E-state index contributed by atoms with van der Waals surface area (Å²) >= 11 is 1.68. The molecule has 0 aliphatic carbocycles. The van der Waals surface area contributed by atoms with Gasteiger partial charge in [0.05, 0.1) is 18.4 Å². The first-order chi connectivity index (χ1) is 13.8. The molecule has 30 heavy (non-hydrogen) atoms. The summed E-state index contributed by atoms with van der Waals surface area (Å²) in [6, 6.07) is 8.48. The summed E-state index contributed by atoms with van der Waals surface area (Å²) < 4.78 is 5.80. The van der Waals surface area contributed by atoms with Crippen molar-refractivity contribution in [3.8, 4) is 10.6 Å². The van der Waals surface area contributed by atoms with Gasteiger partial charge in [-0.1, -0.05) is 50.6 Å². The second kappa shape index (κ2) is 10.9. The van der Waals surface area contributed by atoms with Gasteiger partial charge in [-0.3, -0.25) is 4.99 Å². The Labute approximate surface area is 199 Å². The topological polar surface area (TPSA) is 75.3 Å². The minimum absolute atomic E-state index is 0. The minimum Gasteiger partial charge on any atom is -0.443 e. The molecule has 0 aliphatic heterocycles. The molecular weight excluding hydrogens is 509 g/mol. The van der Waals surface area contributed by atoms with Crippen LogP contribution in [0.25, 0.3) is 10.6 Å². The lowest BCUT2D eigenvalue weighted by Crippen LogP contribution is -2.37. The van der Waals surface area contributed by atoms with Gasteiger partial charge in [0, 0.05) is 36.4 Å². The van der Waals surface area contributed by atoms with E-state index in [1.165, 1.54) is 5.56 Å². The molecule has 2 N–H and O–H groups in total. The summed E-state index contributed by atoms with van der Waals surface area (Å²) in [4.78, 5) is 13.3. The van der Waals surface area contributed by atoms with Crippen LogP contribution >= 0.6 is 35.3 Å². The Morgan fingerprint density at radius 1 is 1.17 bits per heavy atom. The van der Waals surface area contributed by atoms with Crippen molar-refractivity contribution < 1.29 is 4.42 Å². The summed E-state index contributed by atoms with van der Waals surface area (Å²) in [6.45, 7) is 9.64. The Bertz CT molecular complexity index is 957. The Kier molecular flexibility index (Phi) is 8.84. The molecule has 6 nitrogen and oxygen atoms in total. The first-order valence-corrected chi connectivity index (χ1v) is 10.6. The van der Waals surface area contributed by atoms with E-state index in [-0.39, 0.29) is 29.4 Å². The van der Waals surface area contributed by atoms with E-state index in [2.05, 4.69) is 78.0 Å². The number of nitrogens with one attached hydrogen (secondary N) is 2. The Morgan fingerprint density at radius 3 is 2.53 bits per heavy atom. The molecule has 0 aliphatic rings. The molecule has 0 fully saturated rings. The van der Waals surface area contributed by atoms with Crippen molar-refractivity contribution in [2.75, 3.05) is 13.6 Å². The van der Waals surface area contributed by atoms with E-state index < -0.39 is 0 Å². The van der Waals surface area contributed by atoms with E-state index in [0.29, 0.717) is 12.4 Å². The number of aryl methyl sites for hydroxylation is 1. The maximum Gasteiger partial charge on any atom is 0.213 e. The second-order valence-electron chi connectivity index (χ2n) is 7.98. The third kappa shape index (κ3) is 6.80. The van der Waals surface area contributed by atoms with Crippen molar-refractivity contribution >= 4 is 41.3 Å². The molecule has 0 spiro atoms. The number of guanidine groups is 1. The predicted octanol–water partition coefficient (Wildman–Crippen LogP) is 4.93. The fourth-order valence-corrected chi connectivity index (χ4v) is 3.54. The number of aliphatic imine (C=N–C) groups is 1. The predicted molar refractivity (Wildman–Crippen MR) is 135 cm³/mol. The molecule has 162 valence electrons. The molecule has 0 saturated carbocycles. The summed E-state index contributed by atoms with van der Waals surface area (Å²) in [5.41, 5.74) is 3.46. The largest absolute Gasteiger partial charge is 0.443 e. The molecule has 2 aromatic heterocycles. The van der Waals surface area contributed by atoms with Crippen molar-refractivity contribution in [3.05, 3.63) is 58.8 Å². The van der Waals surface area contributed by atoms with Gasteiger partial charge in [-0.15, -0.1) is 35.3 Å². The number of nitrogens with zero attached hydrogens (tertiary/aromatic N) is 3. The van der Waals surface area contributed by atoms with Gasteiger partial charge in [-0.05, 0) is 6.92 Å². The van der Waals surface area contributed by atoms with E-state index >= 15 is 0 Å². The first kappa shape index (κ1) is 24.3. The number of thiazole rings is 1. The van der Waals surface area contributed by atoms with Crippen LogP contribution < -0.4 is 10.6 Å². The van der Waals surface area contributed by atoms with Crippen LogP contribution in [-0.4, -0.2) is 29.5 Å². The lowest BCUT2D eigenvalue weighted by molar-refractivity contribution is 0.379. The van der Waals surface area contributed by atoms with Gasteiger partial charge in [0.2, 0.25) is 5.89 Å². The summed E-state index contributed by atoms with van der Waals surface area (Å²) in [5.74, 6) is 2.25. The normalized spacial score (nSPS) is 11.8. The SMILES string of the molecule is CN=C(NCCc1csc(-c2ccc(C)cc2)n1)NCc1ncc(C(C)(C)C)o1.I. The smallest absolute Gasteiger partial charge is 0.213 e. The zero-order valence-electron chi connectivity index (χ0n) is 18.2. The average molecular weight is 539 g/mol. The fraction of sp³-hybridized carbons (Fsp3) is 0.409. The van der Waals surface area contributed by atoms with Gasteiger partial charge in [-0.2, -0.15) is 0 Å². The molecular formula is C22H30IN5OS. The molecule has 1 aromatic carbocycles. The lowest BCUT2D eigenvalue weighted by Gasteiger charge is -2.13. The number of aromatic nitrogens is 2. The Morgan fingerprint density at radius 2 is 1.90 bits per heavy atom. The number of hydrogen-bond acceptors (Lipinski definition) is 5. The molecule has 0 saturated heterocycles. The molecule has 0 radical (unpaired) electrons. The fourth-order valence-electron chi connectivity index (χ4n) is 2.68. The van der Waals surface area contributed by atoms with Crippen LogP contribution in [0, 0.1) is 6.92 Å². The van der Waals surface area contributed by atoms with Crippen LogP contribution in [0.15, 0.2) is 45.3 Å². The third-order valence-corrected chi connectivity index (χ3v) is 5.39. The van der Waals surface area contributed by atoms with Gasteiger partial charge in [0.15, 0.2) is 5.96 Å². The number of hydrogen-bond donors (Lipinski definition) is 2. The molecule has 0 amide bonds. The zero-order valence-corrected chi connectivity index (χ0v) is 21.3. The lowest BCUT2D eigenvalue weighted by atomic mass is 9.94.